The molecule has 1 amide bonds. The van der Waals surface area contributed by atoms with Crippen LogP contribution in [0, 0.1) is 6.92 Å². The van der Waals surface area contributed by atoms with Gasteiger partial charge in [0.25, 0.3) is 5.91 Å². The number of aliphatic hydroxyl groups excluding tert-OH is 1. The third-order valence-electron chi connectivity index (χ3n) is 2.83. The Morgan fingerprint density at radius 2 is 2.10 bits per heavy atom. The number of amides is 1. The SMILES string of the molecule is Cc1cc(C(=O)N[C@H](CO)Cc2ccc(O)cc2)on1. The number of aliphatic hydroxyl groups is 1. The zero-order valence-corrected chi connectivity index (χ0v) is 11.0. The molecule has 1 heterocycles. The Bertz CT molecular complexity index is 577. The van der Waals surface area contributed by atoms with Crippen LogP contribution in [0.1, 0.15) is 21.8 Å². The number of hydrogen-bond acceptors (Lipinski definition) is 5. The second-order valence-corrected chi connectivity index (χ2v) is 4.56. The molecule has 0 saturated carbocycles. The summed E-state index contributed by atoms with van der Waals surface area (Å²) < 4.78 is 4.86. The Hall–Kier alpha value is -2.34. The van der Waals surface area contributed by atoms with Crippen molar-refractivity contribution in [3.63, 3.8) is 0 Å². The highest BCUT2D eigenvalue weighted by molar-refractivity contribution is 5.91. The fraction of sp³-hybridized carbons (Fsp3) is 0.286. The molecule has 2 aromatic rings. The van der Waals surface area contributed by atoms with Gasteiger partial charge in [-0.2, -0.15) is 0 Å². The van der Waals surface area contributed by atoms with E-state index < -0.39 is 11.9 Å². The summed E-state index contributed by atoms with van der Waals surface area (Å²) in [6.45, 7) is 1.53. The number of hydrogen-bond donors (Lipinski definition) is 3. The van der Waals surface area contributed by atoms with Gasteiger partial charge in [-0.25, -0.2) is 0 Å². The molecule has 0 aliphatic rings. The molecular weight excluding hydrogens is 260 g/mol. The zero-order valence-electron chi connectivity index (χ0n) is 11.0. The van der Waals surface area contributed by atoms with E-state index in [4.69, 9.17) is 4.52 Å². The first-order valence-corrected chi connectivity index (χ1v) is 6.21. The molecule has 0 unspecified atom stereocenters. The van der Waals surface area contributed by atoms with Crippen molar-refractivity contribution in [2.24, 2.45) is 0 Å². The van der Waals surface area contributed by atoms with Gasteiger partial charge >= 0.3 is 0 Å². The van der Waals surface area contributed by atoms with Gasteiger partial charge in [-0.1, -0.05) is 17.3 Å². The summed E-state index contributed by atoms with van der Waals surface area (Å²) >= 11 is 0. The lowest BCUT2D eigenvalue weighted by molar-refractivity contribution is 0.0879. The van der Waals surface area contributed by atoms with Crippen molar-refractivity contribution in [2.75, 3.05) is 6.61 Å². The van der Waals surface area contributed by atoms with Crippen molar-refractivity contribution in [1.82, 2.24) is 10.5 Å². The van der Waals surface area contributed by atoms with E-state index in [1.807, 2.05) is 0 Å². The van der Waals surface area contributed by atoms with Crippen molar-refractivity contribution in [3.05, 3.63) is 47.3 Å². The van der Waals surface area contributed by atoms with Gasteiger partial charge in [0.2, 0.25) is 5.76 Å². The molecule has 20 heavy (non-hydrogen) atoms. The van der Waals surface area contributed by atoms with Gasteiger partial charge in [0.1, 0.15) is 5.75 Å². The standard InChI is InChI=1S/C14H16N2O4/c1-9-6-13(20-16-9)14(19)15-11(8-17)7-10-2-4-12(18)5-3-10/h2-6,11,17-18H,7-8H2,1H3,(H,15,19)/t11-/m0/s1. The van der Waals surface area contributed by atoms with Crippen molar-refractivity contribution in [3.8, 4) is 5.75 Å². The number of nitrogens with one attached hydrogen (secondary N) is 1. The summed E-state index contributed by atoms with van der Waals surface area (Å²) in [5, 5.41) is 24.9. The molecule has 0 bridgehead atoms. The van der Waals surface area contributed by atoms with E-state index in [0.717, 1.165) is 5.56 Å². The van der Waals surface area contributed by atoms with Crippen LogP contribution in [0.2, 0.25) is 0 Å². The normalized spacial score (nSPS) is 12.1. The predicted molar refractivity (Wildman–Crippen MR) is 71.4 cm³/mol. The van der Waals surface area contributed by atoms with Crippen LogP contribution in [0.5, 0.6) is 5.75 Å². The fourth-order valence-corrected chi connectivity index (χ4v) is 1.80. The molecule has 6 heteroatoms. The van der Waals surface area contributed by atoms with Gasteiger partial charge in [-0.15, -0.1) is 0 Å². The van der Waals surface area contributed by atoms with E-state index in [1.165, 1.54) is 6.07 Å². The molecule has 2 rings (SSSR count). The molecule has 1 aromatic carbocycles. The summed E-state index contributed by atoms with van der Waals surface area (Å²) in [6, 6.07) is 7.70. The largest absolute Gasteiger partial charge is 0.508 e. The van der Waals surface area contributed by atoms with E-state index in [-0.39, 0.29) is 18.1 Å². The Kier molecular flexibility index (Phi) is 4.37. The summed E-state index contributed by atoms with van der Waals surface area (Å²) in [5.74, 6) is -0.120. The molecule has 3 N–H and O–H groups in total. The van der Waals surface area contributed by atoms with Crippen LogP contribution in [-0.4, -0.2) is 33.9 Å². The van der Waals surface area contributed by atoms with Crippen LogP contribution in [0.3, 0.4) is 0 Å². The second-order valence-electron chi connectivity index (χ2n) is 4.56. The minimum absolute atomic E-state index is 0.117. The molecule has 0 spiro atoms. The molecular formula is C14H16N2O4. The Morgan fingerprint density at radius 1 is 1.40 bits per heavy atom. The monoisotopic (exact) mass is 276 g/mol. The minimum atomic E-state index is -0.433. The van der Waals surface area contributed by atoms with Crippen molar-refractivity contribution in [1.29, 1.82) is 0 Å². The lowest BCUT2D eigenvalue weighted by Crippen LogP contribution is -2.38. The highest BCUT2D eigenvalue weighted by Crippen LogP contribution is 2.11. The maximum atomic E-state index is 11.9. The van der Waals surface area contributed by atoms with Crippen molar-refractivity contribution < 1.29 is 19.5 Å². The third-order valence-corrected chi connectivity index (χ3v) is 2.83. The van der Waals surface area contributed by atoms with Gasteiger partial charge in [0, 0.05) is 6.07 Å². The van der Waals surface area contributed by atoms with E-state index >= 15 is 0 Å². The van der Waals surface area contributed by atoms with Gasteiger partial charge in [-0.3, -0.25) is 4.79 Å². The smallest absolute Gasteiger partial charge is 0.290 e. The summed E-state index contributed by atoms with van der Waals surface area (Å²) in [7, 11) is 0. The molecule has 1 atom stereocenters. The van der Waals surface area contributed by atoms with Gasteiger partial charge in [0.05, 0.1) is 18.3 Å². The average Bonchev–Trinajstić information content (AvgIpc) is 2.87. The summed E-state index contributed by atoms with van der Waals surface area (Å²) in [5.41, 5.74) is 1.52. The van der Waals surface area contributed by atoms with Crippen LogP contribution in [0.25, 0.3) is 0 Å². The number of aryl methyl sites for hydroxylation is 1. The number of rotatable bonds is 5. The molecule has 0 fully saturated rings. The molecule has 0 saturated heterocycles. The van der Waals surface area contributed by atoms with E-state index in [0.29, 0.717) is 12.1 Å². The fourth-order valence-electron chi connectivity index (χ4n) is 1.80. The van der Waals surface area contributed by atoms with Crippen molar-refractivity contribution in [2.45, 2.75) is 19.4 Å². The van der Waals surface area contributed by atoms with Gasteiger partial charge in [-0.05, 0) is 31.0 Å². The van der Waals surface area contributed by atoms with Crippen LogP contribution in [0.15, 0.2) is 34.9 Å². The highest BCUT2D eigenvalue weighted by Gasteiger charge is 2.17. The number of carbonyl (C=O) groups excluding carboxylic acids is 1. The summed E-state index contributed by atoms with van der Waals surface area (Å²) in [4.78, 5) is 11.9. The van der Waals surface area contributed by atoms with Crippen LogP contribution in [-0.2, 0) is 6.42 Å². The number of carbonyl (C=O) groups is 1. The van der Waals surface area contributed by atoms with Gasteiger partial charge < -0.3 is 20.1 Å². The Labute approximate surface area is 116 Å². The van der Waals surface area contributed by atoms with Gasteiger partial charge in [0.15, 0.2) is 0 Å². The minimum Gasteiger partial charge on any atom is -0.508 e. The first-order valence-electron chi connectivity index (χ1n) is 6.21. The first kappa shape index (κ1) is 14.1. The maximum Gasteiger partial charge on any atom is 0.290 e. The van der Waals surface area contributed by atoms with Crippen molar-refractivity contribution >= 4 is 5.91 Å². The predicted octanol–water partition coefficient (Wildman–Crippen LogP) is 1.02. The molecule has 0 aliphatic carbocycles. The average molecular weight is 276 g/mol. The second kappa shape index (κ2) is 6.21. The first-order chi connectivity index (χ1) is 9.58. The number of aromatic nitrogens is 1. The third kappa shape index (κ3) is 3.58. The molecule has 0 aliphatic heterocycles. The molecule has 1 aromatic heterocycles. The number of phenolic OH excluding ortho intramolecular Hbond substituents is 1. The molecule has 106 valence electrons. The van der Waals surface area contributed by atoms with E-state index in [1.54, 1.807) is 31.2 Å². The summed E-state index contributed by atoms with van der Waals surface area (Å²) in [6.07, 6.45) is 0.454. The van der Waals surface area contributed by atoms with Crippen LogP contribution < -0.4 is 5.32 Å². The topological polar surface area (TPSA) is 95.6 Å². The molecule has 6 nitrogen and oxygen atoms in total. The molecule has 0 radical (unpaired) electrons. The Balaban J connectivity index is 1.98. The van der Waals surface area contributed by atoms with Crippen LogP contribution >= 0.6 is 0 Å². The van der Waals surface area contributed by atoms with E-state index in [2.05, 4.69) is 10.5 Å². The maximum absolute atomic E-state index is 11.9. The number of phenols is 1. The number of benzene rings is 1. The lowest BCUT2D eigenvalue weighted by Gasteiger charge is -2.15. The highest BCUT2D eigenvalue weighted by atomic mass is 16.5. The lowest BCUT2D eigenvalue weighted by atomic mass is 10.1. The quantitative estimate of drug-likeness (QED) is 0.758. The number of aromatic hydroxyl groups is 1. The van der Waals surface area contributed by atoms with E-state index in [9.17, 15) is 15.0 Å². The Morgan fingerprint density at radius 3 is 2.65 bits per heavy atom. The zero-order chi connectivity index (χ0) is 14.5. The number of nitrogens with zero attached hydrogens (tertiary/aromatic N) is 1. The van der Waals surface area contributed by atoms with Crippen LogP contribution in [0.4, 0.5) is 0 Å².